The van der Waals surface area contributed by atoms with E-state index in [1.165, 1.54) is 5.56 Å². The number of nitrogens with zero attached hydrogens (tertiary/aromatic N) is 1. The lowest BCUT2D eigenvalue weighted by molar-refractivity contribution is -0.0254. The average molecular weight is 504 g/mol. The molecule has 0 aromatic heterocycles. The largest absolute Gasteiger partial charge is 0.488 e. The van der Waals surface area contributed by atoms with Crippen molar-refractivity contribution in [2.75, 3.05) is 19.6 Å². The molecule has 0 aliphatic carbocycles. The summed E-state index contributed by atoms with van der Waals surface area (Å²) >= 11 is 6.03. The second kappa shape index (κ2) is 10.0. The maximum Gasteiger partial charge on any atom is 0.127 e. The average Bonchev–Trinajstić information content (AvgIpc) is 3.02. The predicted molar refractivity (Wildman–Crippen MR) is 145 cm³/mol. The van der Waals surface area contributed by atoms with Gasteiger partial charge in [0.1, 0.15) is 12.4 Å². The Morgan fingerprint density at radius 1 is 1.00 bits per heavy atom. The zero-order valence-corrected chi connectivity index (χ0v) is 21.8. The molecule has 2 aliphatic rings. The zero-order chi connectivity index (χ0) is 25.3. The Labute approximate surface area is 218 Å². The highest BCUT2D eigenvalue weighted by atomic mass is 35.5. The van der Waals surface area contributed by atoms with Gasteiger partial charge in [0.25, 0.3) is 0 Å². The number of hydrogen-bond acceptors (Lipinski definition) is 4. The molecule has 2 heterocycles. The van der Waals surface area contributed by atoms with E-state index in [1.807, 2.05) is 56.3 Å². The van der Waals surface area contributed by atoms with Crippen LogP contribution in [0.3, 0.4) is 0 Å². The molecule has 188 valence electrons. The van der Waals surface area contributed by atoms with Crippen molar-refractivity contribution in [1.29, 1.82) is 0 Å². The van der Waals surface area contributed by atoms with Crippen molar-refractivity contribution in [2.24, 2.45) is 0 Å². The first-order chi connectivity index (χ1) is 17.2. The van der Waals surface area contributed by atoms with Crippen molar-refractivity contribution in [2.45, 2.75) is 50.9 Å². The molecule has 3 aromatic rings. The van der Waals surface area contributed by atoms with Gasteiger partial charge in [-0.3, -0.25) is 0 Å². The Bertz CT molecular complexity index is 1250. The van der Waals surface area contributed by atoms with Crippen LogP contribution in [0.15, 0.2) is 72.8 Å². The van der Waals surface area contributed by atoms with Gasteiger partial charge in [-0.2, -0.15) is 0 Å². The quantitative estimate of drug-likeness (QED) is 0.431. The maximum atomic E-state index is 11.2. The van der Waals surface area contributed by atoms with Gasteiger partial charge in [0.05, 0.1) is 11.2 Å². The Morgan fingerprint density at radius 2 is 1.72 bits per heavy atom. The van der Waals surface area contributed by atoms with Gasteiger partial charge in [-0.05, 0) is 85.2 Å². The molecular formula is C31H34ClNO3. The third kappa shape index (κ3) is 5.23. The molecule has 4 nitrogen and oxygen atoms in total. The van der Waals surface area contributed by atoms with Gasteiger partial charge in [-0.1, -0.05) is 60.1 Å². The number of benzene rings is 3. The Kier molecular flexibility index (Phi) is 6.97. The van der Waals surface area contributed by atoms with E-state index in [0.717, 1.165) is 59.6 Å². The number of rotatable bonds is 5. The van der Waals surface area contributed by atoms with Crippen LogP contribution in [0.1, 0.15) is 60.9 Å². The van der Waals surface area contributed by atoms with E-state index in [9.17, 15) is 10.2 Å². The van der Waals surface area contributed by atoms with Gasteiger partial charge in [-0.25, -0.2) is 0 Å². The second-order valence-corrected chi connectivity index (χ2v) is 10.9. The summed E-state index contributed by atoms with van der Waals surface area (Å²) in [5, 5.41) is 22.5. The minimum absolute atomic E-state index is 0.526. The fourth-order valence-electron chi connectivity index (χ4n) is 5.26. The summed E-state index contributed by atoms with van der Waals surface area (Å²) in [6.07, 6.45) is 4.61. The molecule has 36 heavy (non-hydrogen) atoms. The van der Waals surface area contributed by atoms with Crippen LogP contribution in [0.2, 0.25) is 5.02 Å². The SMILES string of the molecule is CC(C)(O)c1ccc2c(c1)/C(=C\CCN1CCC(O)(c3ccc(Cl)cc3)CC1)c1ccccc1CO2. The molecule has 5 rings (SSSR count). The molecule has 0 spiro atoms. The minimum Gasteiger partial charge on any atom is -0.488 e. The van der Waals surface area contributed by atoms with Crippen molar-refractivity contribution in [3.63, 3.8) is 0 Å². The monoisotopic (exact) mass is 503 g/mol. The minimum atomic E-state index is -0.930. The van der Waals surface area contributed by atoms with Crippen LogP contribution < -0.4 is 4.74 Å². The highest BCUT2D eigenvalue weighted by Gasteiger charge is 2.33. The highest BCUT2D eigenvalue weighted by Crippen LogP contribution is 2.39. The Hall–Kier alpha value is -2.63. The van der Waals surface area contributed by atoms with Crippen LogP contribution >= 0.6 is 11.6 Å². The molecule has 2 aliphatic heterocycles. The number of hydrogen-bond donors (Lipinski definition) is 2. The van der Waals surface area contributed by atoms with Gasteiger partial charge in [0.15, 0.2) is 0 Å². The Morgan fingerprint density at radius 3 is 2.44 bits per heavy atom. The number of piperidine rings is 1. The summed E-state index contributed by atoms with van der Waals surface area (Å²) in [5.41, 5.74) is 4.62. The molecule has 0 atom stereocenters. The van der Waals surface area contributed by atoms with Crippen molar-refractivity contribution in [3.8, 4) is 5.75 Å². The van der Waals surface area contributed by atoms with Gasteiger partial charge < -0.3 is 19.8 Å². The second-order valence-electron chi connectivity index (χ2n) is 10.5. The van der Waals surface area contributed by atoms with E-state index in [2.05, 4.69) is 35.2 Å². The lowest BCUT2D eigenvalue weighted by Crippen LogP contribution is -2.42. The van der Waals surface area contributed by atoms with Crippen molar-refractivity contribution in [1.82, 2.24) is 4.90 Å². The smallest absolute Gasteiger partial charge is 0.127 e. The molecule has 0 amide bonds. The van der Waals surface area contributed by atoms with Crippen LogP contribution in [0.25, 0.3) is 5.57 Å². The van der Waals surface area contributed by atoms with Crippen LogP contribution in [0.5, 0.6) is 5.75 Å². The van der Waals surface area contributed by atoms with Crippen LogP contribution in [0, 0.1) is 0 Å². The normalized spacial score (nSPS) is 18.8. The molecule has 2 N–H and O–H groups in total. The van der Waals surface area contributed by atoms with Crippen LogP contribution in [-0.4, -0.2) is 34.7 Å². The Balaban J connectivity index is 1.34. The van der Waals surface area contributed by atoms with E-state index in [0.29, 0.717) is 24.5 Å². The van der Waals surface area contributed by atoms with E-state index in [4.69, 9.17) is 16.3 Å². The summed E-state index contributed by atoms with van der Waals surface area (Å²) in [6, 6.07) is 22.0. The number of ether oxygens (including phenoxy) is 1. The van der Waals surface area contributed by atoms with Crippen molar-refractivity contribution >= 4 is 17.2 Å². The van der Waals surface area contributed by atoms with E-state index < -0.39 is 11.2 Å². The molecule has 0 saturated carbocycles. The van der Waals surface area contributed by atoms with Crippen LogP contribution in [0.4, 0.5) is 0 Å². The van der Waals surface area contributed by atoms with Gasteiger partial charge >= 0.3 is 0 Å². The van der Waals surface area contributed by atoms with E-state index in [1.54, 1.807) is 0 Å². The molecule has 1 fully saturated rings. The molecule has 0 bridgehead atoms. The molecule has 5 heteroatoms. The summed E-state index contributed by atoms with van der Waals surface area (Å²) in [4.78, 5) is 2.43. The van der Waals surface area contributed by atoms with Gasteiger partial charge in [0.2, 0.25) is 0 Å². The molecule has 0 unspecified atom stereocenters. The number of likely N-dealkylation sites (tertiary alicyclic amines) is 1. The lowest BCUT2D eigenvalue weighted by atomic mass is 9.84. The lowest BCUT2D eigenvalue weighted by Gasteiger charge is -2.38. The number of aliphatic hydroxyl groups is 2. The third-order valence-electron chi connectivity index (χ3n) is 7.53. The molecule has 0 radical (unpaired) electrons. The standard InChI is InChI=1S/C31H34ClNO3/c1-30(2,34)24-11-14-29-28(20-24)27(26-7-4-3-6-22(26)21-36-29)8-5-17-33-18-15-31(35,16-19-33)23-9-12-25(32)13-10-23/h3-4,6-14,20,34-35H,5,15-19,21H2,1-2H3/b27-8-. The summed E-state index contributed by atoms with van der Waals surface area (Å²) in [6.45, 7) is 6.76. The first-order valence-corrected chi connectivity index (χ1v) is 13.1. The van der Waals surface area contributed by atoms with E-state index in [-0.39, 0.29) is 0 Å². The topological polar surface area (TPSA) is 52.9 Å². The van der Waals surface area contributed by atoms with Crippen molar-refractivity contribution in [3.05, 3.63) is 106 Å². The zero-order valence-electron chi connectivity index (χ0n) is 21.0. The van der Waals surface area contributed by atoms with Crippen molar-refractivity contribution < 1.29 is 14.9 Å². The highest BCUT2D eigenvalue weighted by molar-refractivity contribution is 6.30. The van der Waals surface area contributed by atoms with Gasteiger partial charge in [-0.15, -0.1) is 0 Å². The summed E-state index contributed by atoms with van der Waals surface area (Å²) in [5.74, 6) is 0.844. The summed E-state index contributed by atoms with van der Waals surface area (Å²) in [7, 11) is 0. The molecule has 3 aromatic carbocycles. The molecular weight excluding hydrogens is 470 g/mol. The van der Waals surface area contributed by atoms with Gasteiger partial charge in [0, 0.05) is 30.2 Å². The molecule has 1 saturated heterocycles. The number of fused-ring (bicyclic) bond motifs is 2. The first kappa shape index (κ1) is 25.0. The van der Waals surface area contributed by atoms with E-state index >= 15 is 0 Å². The summed E-state index contributed by atoms with van der Waals surface area (Å²) < 4.78 is 6.17. The third-order valence-corrected chi connectivity index (χ3v) is 7.78. The fourth-order valence-corrected chi connectivity index (χ4v) is 5.39. The first-order valence-electron chi connectivity index (χ1n) is 12.7. The predicted octanol–water partition coefficient (Wildman–Crippen LogP) is 6.27. The van der Waals surface area contributed by atoms with Crippen LogP contribution in [-0.2, 0) is 17.8 Å². The number of halogens is 1. The maximum absolute atomic E-state index is 11.2. The fraction of sp³-hybridized carbons (Fsp3) is 0.355.